The average molecular weight is 370 g/mol. The van der Waals surface area contributed by atoms with Gasteiger partial charge >= 0.3 is 0 Å². The fourth-order valence-corrected chi connectivity index (χ4v) is 3.67. The highest BCUT2D eigenvalue weighted by atomic mass is 16.1. The second-order valence-corrected chi connectivity index (χ2v) is 7.26. The summed E-state index contributed by atoms with van der Waals surface area (Å²) in [4.78, 5) is 21.5. The molecule has 2 nitrogen and oxygen atoms in total. The Hall–Kier alpha value is -3.00. The first-order valence-electron chi connectivity index (χ1n) is 9.85. The molecule has 0 radical (unpaired) electrons. The zero-order valence-electron chi connectivity index (χ0n) is 16.3. The molecule has 0 N–H and O–H groups in total. The van der Waals surface area contributed by atoms with Gasteiger partial charge in [-0.2, -0.15) is 0 Å². The Kier molecular flexibility index (Phi) is 6.91. The lowest BCUT2D eigenvalue weighted by Crippen LogP contribution is -2.06. The third kappa shape index (κ3) is 5.04. The SMILES string of the molecule is CC1=CC=CC(C=O)C1=Cc1ccccc1.O=Cc1ccc2c(c1)CCCC2. The van der Waals surface area contributed by atoms with Crippen molar-refractivity contribution in [3.63, 3.8) is 0 Å². The molecule has 1 atom stereocenters. The number of hydrogen-bond donors (Lipinski definition) is 0. The van der Waals surface area contributed by atoms with E-state index in [1.54, 1.807) is 0 Å². The predicted octanol–water partition coefficient (Wildman–Crippen LogP) is 5.78. The quantitative estimate of drug-likeness (QED) is 0.642. The van der Waals surface area contributed by atoms with Crippen LogP contribution in [0.3, 0.4) is 0 Å². The summed E-state index contributed by atoms with van der Waals surface area (Å²) in [6.07, 6.45) is 14.8. The van der Waals surface area contributed by atoms with Gasteiger partial charge in [-0.15, -0.1) is 0 Å². The maximum absolute atomic E-state index is 11.0. The van der Waals surface area contributed by atoms with Crippen molar-refractivity contribution in [1.82, 2.24) is 0 Å². The highest BCUT2D eigenvalue weighted by Gasteiger charge is 2.14. The number of hydrogen-bond acceptors (Lipinski definition) is 2. The van der Waals surface area contributed by atoms with Crippen LogP contribution in [0.25, 0.3) is 6.08 Å². The van der Waals surface area contributed by atoms with Crippen LogP contribution in [-0.4, -0.2) is 12.6 Å². The first-order valence-corrected chi connectivity index (χ1v) is 9.85. The summed E-state index contributed by atoms with van der Waals surface area (Å²) in [6, 6.07) is 16.1. The summed E-state index contributed by atoms with van der Waals surface area (Å²) < 4.78 is 0. The smallest absolute Gasteiger partial charge is 0.150 e. The average Bonchev–Trinajstić information content (AvgIpc) is 2.76. The Labute approximate surface area is 167 Å². The van der Waals surface area contributed by atoms with Gasteiger partial charge in [0.2, 0.25) is 0 Å². The Bertz CT molecular complexity index is 917. The number of aryl methyl sites for hydroxylation is 2. The summed E-state index contributed by atoms with van der Waals surface area (Å²) in [6.45, 7) is 2.04. The van der Waals surface area contributed by atoms with E-state index in [1.807, 2.05) is 67.6 Å². The molecular weight excluding hydrogens is 344 g/mol. The molecule has 0 heterocycles. The van der Waals surface area contributed by atoms with Gasteiger partial charge < -0.3 is 4.79 Å². The molecular formula is C26H26O2. The minimum absolute atomic E-state index is 0.106. The van der Waals surface area contributed by atoms with Crippen LogP contribution in [0.4, 0.5) is 0 Å². The number of benzene rings is 2. The third-order valence-electron chi connectivity index (χ3n) is 5.26. The first-order chi connectivity index (χ1) is 13.7. The van der Waals surface area contributed by atoms with Crippen LogP contribution in [0.1, 0.15) is 46.8 Å². The fourth-order valence-electron chi connectivity index (χ4n) is 3.67. The fraction of sp³-hybridized carbons (Fsp3) is 0.231. The van der Waals surface area contributed by atoms with E-state index in [1.165, 1.54) is 30.4 Å². The van der Waals surface area contributed by atoms with Gasteiger partial charge in [0.1, 0.15) is 12.6 Å². The van der Waals surface area contributed by atoms with Gasteiger partial charge in [0.25, 0.3) is 0 Å². The molecule has 142 valence electrons. The summed E-state index contributed by atoms with van der Waals surface area (Å²) in [7, 11) is 0. The number of aldehydes is 2. The van der Waals surface area contributed by atoms with Crippen molar-refractivity contribution in [1.29, 1.82) is 0 Å². The van der Waals surface area contributed by atoms with Gasteiger partial charge in [-0.1, -0.05) is 66.8 Å². The number of rotatable bonds is 3. The van der Waals surface area contributed by atoms with Crippen molar-refractivity contribution in [3.05, 3.63) is 100 Å². The van der Waals surface area contributed by atoms with E-state index < -0.39 is 0 Å². The van der Waals surface area contributed by atoms with Gasteiger partial charge in [-0.25, -0.2) is 0 Å². The summed E-state index contributed by atoms with van der Waals surface area (Å²) in [5.74, 6) is -0.106. The Morgan fingerprint density at radius 1 is 0.893 bits per heavy atom. The lowest BCUT2D eigenvalue weighted by Gasteiger charge is -2.15. The van der Waals surface area contributed by atoms with Gasteiger partial charge in [-0.3, -0.25) is 4.79 Å². The maximum atomic E-state index is 11.0. The highest BCUT2D eigenvalue weighted by molar-refractivity contribution is 5.75. The molecule has 0 aliphatic heterocycles. The molecule has 0 aromatic heterocycles. The molecule has 0 spiro atoms. The number of carbonyl (C=O) groups is 2. The van der Waals surface area contributed by atoms with Crippen molar-refractivity contribution in [3.8, 4) is 0 Å². The van der Waals surface area contributed by atoms with Gasteiger partial charge in [0, 0.05) is 5.56 Å². The van der Waals surface area contributed by atoms with Crippen LogP contribution >= 0.6 is 0 Å². The van der Waals surface area contributed by atoms with Gasteiger partial charge in [-0.05, 0) is 66.5 Å². The predicted molar refractivity (Wildman–Crippen MR) is 115 cm³/mol. The summed E-state index contributed by atoms with van der Waals surface area (Å²) >= 11 is 0. The second-order valence-electron chi connectivity index (χ2n) is 7.26. The van der Waals surface area contributed by atoms with E-state index in [4.69, 9.17) is 0 Å². The van der Waals surface area contributed by atoms with Gasteiger partial charge in [0.15, 0.2) is 0 Å². The van der Waals surface area contributed by atoms with Crippen molar-refractivity contribution in [2.24, 2.45) is 5.92 Å². The van der Waals surface area contributed by atoms with E-state index in [-0.39, 0.29) is 5.92 Å². The standard InChI is InChI=1S/C15H14O.C11H12O/c1-12-6-5-9-14(11-16)15(12)10-13-7-3-2-4-8-13;12-8-9-5-6-10-3-1-2-4-11(10)7-9/h2-11,14H,1H3;5-8H,1-4H2. The zero-order chi connectivity index (χ0) is 19.8. The number of carbonyl (C=O) groups excluding carboxylic acids is 2. The van der Waals surface area contributed by atoms with Crippen molar-refractivity contribution < 1.29 is 9.59 Å². The van der Waals surface area contributed by atoms with Crippen LogP contribution in [0, 0.1) is 5.92 Å². The molecule has 0 amide bonds. The Morgan fingerprint density at radius 3 is 2.36 bits per heavy atom. The van der Waals surface area contributed by atoms with Crippen LogP contribution in [-0.2, 0) is 17.6 Å². The Balaban J connectivity index is 0.000000167. The van der Waals surface area contributed by atoms with E-state index in [9.17, 15) is 9.59 Å². The molecule has 2 aliphatic carbocycles. The van der Waals surface area contributed by atoms with Crippen LogP contribution in [0.15, 0.2) is 77.9 Å². The van der Waals surface area contributed by atoms with Crippen molar-refractivity contribution in [2.45, 2.75) is 32.6 Å². The second kappa shape index (κ2) is 9.80. The lowest BCUT2D eigenvalue weighted by molar-refractivity contribution is -0.109. The van der Waals surface area contributed by atoms with E-state index in [0.29, 0.717) is 0 Å². The molecule has 0 saturated carbocycles. The van der Waals surface area contributed by atoms with Gasteiger partial charge in [0.05, 0.1) is 5.92 Å². The lowest BCUT2D eigenvalue weighted by atomic mass is 9.88. The molecule has 0 fully saturated rings. The molecule has 2 aromatic carbocycles. The minimum atomic E-state index is -0.106. The molecule has 1 unspecified atom stereocenters. The molecule has 0 bridgehead atoms. The maximum Gasteiger partial charge on any atom is 0.150 e. The third-order valence-corrected chi connectivity index (χ3v) is 5.26. The zero-order valence-corrected chi connectivity index (χ0v) is 16.3. The molecule has 4 rings (SSSR count). The van der Waals surface area contributed by atoms with E-state index in [2.05, 4.69) is 12.1 Å². The molecule has 2 aromatic rings. The molecule has 28 heavy (non-hydrogen) atoms. The van der Waals surface area contributed by atoms with E-state index >= 15 is 0 Å². The Morgan fingerprint density at radius 2 is 1.64 bits per heavy atom. The van der Waals surface area contributed by atoms with Crippen LogP contribution in [0.2, 0.25) is 0 Å². The molecule has 0 saturated heterocycles. The normalized spacial score (nSPS) is 19.1. The monoisotopic (exact) mass is 370 g/mol. The summed E-state index contributed by atoms with van der Waals surface area (Å²) in [5.41, 5.74) is 7.01. The molecule has 2 heteroatoms. The first kappa shape index (κ1) is 19.8. The molecule has 2 aliphatic rings. The number of fused-ring (bicyclic) bond motifs is 1. The highest BCUT2D eigenvalue weighted by Crippen LogP contribution is 2.26. The summed E-state index contributed by atoms with van der Waals surface area (Å²) in [5, 5.41) is 0. The van der Waals surface area contributed by atoms with Crippen molar-refractivity contribution >= 4 is 18.6 Å². The van der Waals surface area contributed by atoms with Crippen molar-refractivity contribution in [2.75, 3.05) is 0 Å². The largest absolute Gasteiger partial charge is 0.302 e. The van der Waals surface area contributed by atoms with Crippen LogP contribution in [0.5, 0.6) is 0 Å². The van der Waals surface area contributed by atoms with E-state index in [0.717, 1.165) is 41.3 Å². The minimum Gasteiger partial charge on any atom is -0.302 e. The van der Waals surface area contributed by atoms with Crippen LogP contribution < -0.4 is 0 Å². The number of allylic oxidation sites excluding steroid dienone is 5. The topological polar surface area (TPSA) is 34.1 Å².